The first-order chi connectivity index (χ1) is 13.0. The van der Waals surface area contributed by atoms with E-state index in [9.17, 15) is 18.3 Å². The maximum Gasteiger partial charge on any atom is 0.323 e. The van der Waals surface area contributed by atoms with Gasteiger partial charge in [0.25, 0.3) is 0 Å². The molecule has 0 spiro atoms. The van der Waals surface area contributed by atoms with Crippen LogP contribution >= 0.6 is 35.0 Å². The molecule has 0 bridgehead atoms. The van der Waals surface area contributed by atoms with E-state index in [2.05, 4.69) is 0 Å². The number of aliphatic carboxylic acids is 1. The Morgan fingerprint density at radius 2 is 1.68 bits per heavy atom. The molecule has 2 aromatic carbocycles. The minimum atomic E-state index is -3.96. The van der Waals surface area contributed by atoms with E-state index in [4.69, 9.17) is 23.2 Å². The van der Waals surface area contributed by atoms with E-state index < -0.39 is 26.8 Å². The Hall–Kier alpha value is -1.25. The highest BCUT2D eigenvalue weighted by Crippen LogP contribution is 2.38. The van der Waals surface area contributed by atoms with Crippen LogP contribution in [0.5, 0.6) is 0 Å². The lowest BCUT2D eigenvalue weighted by Gasteiger charge is -2.42. The number of thioether (sulfide) groups is 1. The number of carboxylic acid groups (broad SMARTS) is 1. The van der Waals surface area contributed by atoms with E-state index in [1.165, 1.54) is 23.9 Å². The van der Waals surface area contributed by atoms with Gasteiger partial charge in [-0.1, -0.05) is 35.3 Å². The maximum absolute atomic E-state index is 13.2. The van der Waals surface area contributed by atoms with Crippen molar-refractivity contribution in [3.8, 4) is 11.1 Å². The molecule has 0 aromatic heterocycles. The summed E-state index contributed by atoms with van der Waals surface area (Å²) in [6.07, 6.45) is 0. The van der Waals surface area contributed by atoms with Crippen molar-refractivity contribution < 1.29 is 18.3 Å². The number of halogens is 2. The van der Waals surface area contributed by atoms with E-state index in [0.717, 1.165) is 15.4 Å². The number of sulfonamides is 1. The number of rotatable bonds is 4. The van der Waals surface area contributed by atoms with E-state index in [-0.39, 0.29) is 11.4 Å². The van der Waals surface area contributed by atoms with Crippen molar-refractivity contribution in [1.82, 2.24) is 4.31 Å². The van der Waals surface area contributed by atoms with Gasteiger partial charge in [0, 0.05) is 27.1 Å². The van der Waals surface area contributed by atoms with Gasteiger partial charge in [-0.05, 0) is 55.3 Å². The number of carbonyl (C=O) groups is 1. The SMILES string of the molecule is CC1(C)SCCN(S(=O)(=O)c2ccc(-c3cc(Cl)cc(Cl)c3)cc2)[C@H]1C(=O)O. The highest BCUT2D eigenvalue weighted by atomic mass is 35.5. The first-order valence-corrected chi connectivity index (χ1v) is 11.7. The standard InChI is InChI=1S/C19H19Cl2NO4S2/c1-19(2)17(18(23)24)22(7-8-27-19)28(25,26)16-5-3-12(4-6-16)13-9-14(20)11-15(21)10-13/h3-6,9-11,17H,7-8H2,1-2H3,(H,23,24)/t17-/m0/s1. The Kier molecular flexibility index (Phi) is 6.04. The fraction of sp³-hybridized carbons (Fsp3) is 0.316. The second kappa shape index (κ2) is 7.88. The van der Waals surface area contributed by atoms with E-state index in [1.54, 1.807) is 44.2 Å². The number of carboxylic acids is 1. The van der Waals surface area contributed by atoms with Crippen molar-refractivity contribution in [2.45, 2.75) is 29.5 Å². The molecule has 1 fully saturated rings. The molecule has 1 saturated heterocycles. The summed E-state index contributed by atoms with van der Waals surface area (Å²) in [7, 11) is -3.96. The number of hydrogen-bond acceptors (Lipinski definition) is 4. The second-order valence-electron chi connectivity index (χ2n) is 6.99. The molecular formula is C19H19Cl2NO4S2. The molecule has 0 unspecified atom stereocenters. The second-order valence-corrected chi connectivity index (χ2v) is 11.5. The Labute approximate surface area is 178 Å². The molecule has 1 N–H and O–H groups in total. The third kappa shape index (κ3) is 4.19. The molecule has 3 rings (SSSR count). The Morgan fingerprint density at radius 1 is 1.11 bits per heavy atom. The number of nitrogens with zero attached hydrogens (tertiary/aromatic N) is 1. The van der Waals surface area contributed by atoms with Crippen LogP contribution < -0.4 is 0 Å². The fourth-order valence-corrected chi connectivity index (χ4v) is 6.93. The van der Waals surface area contributed by atoms with Crippen LogP contribution in [0.4, 0.5) is 0 Å². The van der Waals surface area contributed by atoms with Gasteiger partial charge in [-0.3, -0.25) is 4.79 Å². The Morgan fingerprint density at radius 3 is 2.21 bits per heavy atom. The zero-order valence-electron chi connectivity index (χ0n) is 15.2. The van der Waals surface area contributed by atoms with Crippen LogP contribution in [0.2, 0.25) is 10.0 Å². The minimum Gasteiger partial charge on any atom is -0.480 e. The normalized spacial score (nSPS) is 20.1. The highest BCUT2D eigenvalue weighted by molar-refractivity contribution is 8.00. The third-order valence-corrected chi connectivity index (χ3v) is 8.29. The van der Waals surface area contributed by atoms with E-state index in [1.807, 2.05) is 0 Å². The predicted octanol–water partition coefficient (Wildman–Crippen LogP) is 4.63. The van der Waals surface area contributed by atoms with E-state index in [0.29, 0.717) is 15.8 Å². The molecular weight excluding hydrogens is 441 g/mol. The molecule has 2 aromatic rings. The van der Waals surface area contributed by atoms with Crippen molar-refractivity contribution in [2.24, 2.45) is 0 Å². The maximum atomic E-state index is 13.2. The van der Waals surface area contributed by atoms with Crippen molar-refractivity contribution in [3.05, 3.63) is 52.5 Å². The van der Waals surface area contributed by atoms with E-state index >= 15 is 0 Å². The van der Waals surface area contributed by atoms with Gasteiger partial charge in [0.15, 0.2) is 0 Å². The lowest BCUT2D eigenvalue weighted by Crippen LogP contribution is -2.58. The van der Waals surface area contributed by atoms with Gasteiger partial charge < -0.3 is 5.11 Å². The Balaban J connectivity index is 1.97. The first kappa shape index (κ1) is 21.5. The zero-order chi connectivity index (χ0) is 20.7. The highest BCUT2D eigenvalue weighted by Gasteiger charge is 2.48. The van der Waals surface area contributed by atoms with Crippen molar-refractivity contribution in [2.75, 3.05) is 12.3 Å². The molecule has 0 radical (unpaired) electrons. The summed E-state index contributed by atoms with van der Waals surface area (Å²) in [6, 6.07) is 10.2. The monoisotopic (exact) mass is 459 g/mol. The number of benzene rings is 2. The van der Waals surface area contributed by atoms with Crippen molar-refractivity contribution in [3.63, 3.8) is 0 Å². The summed E-state index contributed by atoms with van der Waals surface area (Å²) < 4.78 is 26.7. The lowest BCUT2D eigenvalue weighted by atomic mass is 10.0. The summed E-state index contributed by atoms with van der Waals surface area (Å²) in [4.78, 5) is 11.9. The largest absolute Gasteiger partial charge is 0.480 e. The summed E-state index contributed by atoms with van der Waals surface area (Å²) >= 11 is 13.5. The van der Waals surface area contributed by atoms with Crippen LogP contribution in [0.1, 0.15) is 13.8 Å². The fourth-order valence-electron chi connectivity index (χ4n) is 3.31. The van der Waals surface area contributed by atoms with Gasteiger partial charge in [-0.15, -0.1) is 0 Å². The van der Waals surface area contributed by atoms with Gasteiger partial charge in [-0.25, -0.2) is 8.42 Å². The molecule has 28 heavy (non-hydrogen) atoms. The molecule has 0 aliphatic carbocycles. The number of hydrogen-bond donors (Lipinski definition) is 1. The van der Waals surface area contributed by atoms with Gasteiger partial charge in [-0.2, -0.15) is 16.1 Å². The minimum absolute atomic E-state index is 0.0540. The quantitative estimate of drug-likeness (QED) is 0.720. The van der Waals surface area contributed by atoms with Crippen LogP contribution in [0.25, 0.3) is 11.1 Å². The molecule has 1 aliphatic heterocycles. The van der Waals surface area contributed by atoms with Crippen LogP contribution in [0.15, 0.2) is 47.4 Å². The topological polar surface area (TPSA) is 74.7 Å². The summed E-state index contributed by atoms with van der Waals surface area (Å²) in [5, 5.41) is 10.6. The molecule has 9 heteroatoms. The smallest absolute Gasteiger partial charge is 0.323 e. The van der Waals surface area contributed by atoms with Crippen molar-refractivity contribution >= 4 is 51.0 Å². The average molecular weight is 460 g/mol. The van der Waals surface area contributed by atoms with Gasteiger partial charge in [0.1, 0.15) is 6.04 Å². The third-order valence-electron chi connectivity index (χ3n) is 4.62. The molecule has 0 amide bonds. The van der Waals surface area contributed by atoms with Crippen LogP contribution in [0, 0.1) is 0 Å². The summed E-state index contributed by atoms with van der Waals surface area (Å²) in [5.41, 5.74) is 1.52. The zero-order valence-corrected chi connectivity index (χ0v) is 18.4. The molecule has 0 saturated carbocycles. The summed E-state index contributed by atoms with van der Waals surface area (Å²) in [5.74, 6) is -0.610. The molecule has 1 heterocycles. The van der Waals surface area contributed by atoms with Gasteiger partial charge in [0.2, 0.25) is 10.0 Å². The van der Waals surface area contributed by atoms with Crippen LogP contribution in [0.3, 0.4) is 0 Å². The first-order valence-electron chi connectivity index (χ1n) is 8.47. The van der Waals surface area contributed by atoms with Gasteiger partial charge in [0.05, 0.1) is 4.90 Å². The lowest BCUT2D eigenvalue weighted by molar-refractivity contribution is -0.142. The van der Waals surface area contributed by atoms with Crippen LogP contribution in [-0.2, 0) is 14.8 Å². The van der Waals surface area contributed by atoms with Gasteiger partial charge >= 0.3 is 5.97 Å². The van der Waals surface area contributed by atoms with Crippen molar-refractivity contribution in [1.29, 1.82) is 0 Å². The summed E-state index contributed by atoms with van der Waals surface area (Å²) in [6.45, 7) is 3.66. The van der Waals surface area contributed by atoms with Crippen LogP contribution in [-0.4, -0.2) is 46.9 Å². The molecule has 5 nitrogen and oxygen atoms in total. The average Bonchev–Trinajstić information content (AvgIpc) is 2.59. The molecule has 150 valence electrons. The molecule has 1 aliphatic rings. The Bertz CT molecular complexity index is 987. The predicted molar refractivity (Wildman–Crippen MR) is 114 cm³/mol. The molecule has 1 atom stereocenters.